The van der Waals surface area contributed by atoms with Crippen LogP contribution in [0.5, 0.6) is 5.75 Å². The zero-order chi connectivity index (χ0) is 10.8. The van der Waals surface area contributed by atoms with Gasteiger partial charge in [-0.05, 0) is 31.2 Å². The maximum Gasteiger partial charge on any atom is 0.171 e. The van der Waals surface area contributed by atoms with Gasteiger partial charge in [0.15, 0.2) is 5.76 Å². The highest BCUT2D eigenvalue weighted by atomic mass is 16.5. The summed E-state index contributed by atoms with van der Waals surface area (Å²) in [6, 6.07) is 6.75. The molecular formula is C11H12N2O2. The number of rotatable bonds is 2. The van der Waals surface area contributed by atoms with E-state index in [-0.39, 0.29) is 5.75 Å². The molecule has 0 radical (unpaired) electrons. The highest BCUT2D eigenvalue weighted by molar-refractivity contribution is 5.62. The van der Waals surface area contributed by atoms with Crippen molar-refractivity contribution in [1.29, 1.82) is 0 Å². The van der Waals surface area contributed by atoms with E-state index >= 15 is 0 Å². The molecule has 2 aromatic rings. The van der Waals surface area contributed by atoms with Crippen molar-refractivity contribution < 1.29 is 9.63 Å². The predicted octanol–water partition coefficient (Wildman–Crippen LogP) is 1.81. The first-order valence-corrected chi connectivity index (χ1v) is 4.67. The number of phenols is 1. The molecule has 0 aliphatic heterocycles. The van der Waals surface area contributed by atoms with Gasteiger partial charge in [0, 0.05) is 17.7 Å². The van der Waals surface area contributed by atoms with Gasteiger partial charge in [-0.3, -0.25) is 0 Å². The summed E-state index contributed by atoms with van der Waals surface area (Å²) in [5.41, 5.74) is 8.19. The molecule has 4 heteroatoms. The molecule has 4 nitrogen and oxygen atoms in total. The molecule has 0 fully saturated rings. The minimum Gasteiger partial charge on any atom is -0.508 e. The molecule has 0 unspecified atom stereocenters. The number of aromatic nitrogens is 1. The average Bonchev–Trinajstić information content (AvgIpc) is 2.61. The van der Waals surface area contributed by atoms with Crippen LogP contribution in [0.3, 0.4) is 0 Å². The molecule has 0 bridgehead atoms. The van der Waals surface area contributed by atoms with Crippen molar-refractivity contribution >= 4 is 0 Å². The predicted molar refractivity (Wildman–Crippen MR) is 56.2 cm³/mol. The standard InChI is InChI=1S/C11H12N2O2/c1-7-10(6-12)11(15-13-7)8-2-4-9(14)5-3-8/h2-5,14H,6,12H2,1H3. The maximum atomic E-state index is 9.16. The molecule has 1 heterocycles. The summed E-state index contributed by atoms with van der Waals surface area (Å²) in [6.45, 7) is 2.25. The smallest absolute Gasteiger partial charge is 0.171 e. The Morgan fingerprint density at radius 3 is 2.60 bits per heavy atom. The molecule has 0 aliphatic carbocycles. The Morgan fingerprint density at radius 1 is 1.33 bits per heavy atom. The monoisotopic (exact) mass is 204 g/mol. The lowest BCUT2D eigenvalue weighted by molar-refractivity contribution is 0.426. The normalized spacial score (nSPS) is 10.5. The van der Waals surface area contributed by atoms with Gasteiger partial charge in [0.05, 0.1) is 5.69 Å². The largest absolute Gasteiger partial charge is 0.508 e. The van der Waals surface area contributed by atoms with Gasteiger partial charge in [-0.1, -0.05) is 5.16 Å². The molecule has 0 amide bonds. The van der Waals surface area contributed by atoms with Crippen molar-refractivity contribution in [3.05, 3.63) is 35.5 Å². The second-order valence-corrected chi connectivity index (χ2v) is 3.33. The van der Waals surface area contributed by atoms with Crippen LogP contribution in [-0.2, 0) is 6.54 Å². The summed E-state index contributed by atoms with van der Waals surface area (Å²) < 4.78 is 5.20. The van der Waals surface area contributed by atoms with Crippen molar-refractivity contribution in [1.82, 2.24) is 5.16 Å². The Morgan fingerprint density at radius 2 is 2.00 bits per heavy atom. The van der Waals surface area contributed by atoms with E-state index in [1.807, 2.05) is 6.92 Å². The molecule has 0 aliphatic rings. The number of aromatic hydroxyl groups is 1. The number of aryl methyl sites for hydroxylation is 1. The number of phenolic OH excluding ortho intramolecular Hbond substituents is 1. The maximum absolute atomic E-state index is 9.16. The number of hydrogen-bond acceptors (Lipinski definition) is 4. The van der Waals surface area contributed by atoms with E-state index in [1.54, 1.807) is 24.3 Å². The van der Waals surface area contributed by atoms with Gasteiger partial charge in [-0.25, -0.2) is 0 Å². The number of nitrogens with zero attached hydrogens (tertiary/aromatic N) is 1. The highest BCUT2D eigenvalue weighted by Crippen LogP contribution is 2.26. The summed E-state index contributed by atoms with van der Waals surface area (Å²) in [5.74, 6) is 0.902. The summed E-state index contributed by atoms with van der Waals surface area (Å²) in [4.78, 5) is 0. The Bertz CT molecular complexity index is 460. The Labute approximate surface area is 87.3 Å². The molecule has 0 saturated carbocycles. The van der Waals surface area contributed by atoms with Crippen LogP contribution in [0.4, 0.5) is 0 Å². The van der Waals surface area contributed by atoms with E-state index in [0.717, 1.165) is 16.8 Å². The van der Waals surface area contributed by atoms with Crippen molar-refractivity contribution in [3.63, 3.8) is 0 Å². The number of nitrogens with two attached hydrogens (primary N) is 1. The molecule has 1 aromatic carbocycles. The van der Waals surface area contributed by atoms with Crippen molar-refractivity contribution in [3.8, 4) is 17.1 Å². The Balaban J connectivity index is 2.49. The molecule has 1 aromatic heterocycles. The summed E-state index contributed by atoms with van der Waals surface area (Å²) in [6.07, 6.45) is 0. The third-order valence-electron chi connectivity index (χ3n) is 2.32. The fourth-order valence-electron chi connectivity index (χ4n) is 1.47. The second kappa shape index (κ2) is 3.74. The van der Waals surface area contributed by atoms with Gasteiger partial charge in [-0.2, -0.15) is 0 Å². The van der Waals surface area contributed by atoms with Gasteiger partial charge in [0.1, 0.15) is 5.75 Å². The van der Waals surface area contributed by atoms with Gasteiger partial charge < -0.3 is 15.4 Å². The van der Waals surface area contributed by atoms with Gasteiger partial charge >= 0.3 is 0 Å². The molecular weight excluding hydrogens is 192 g/mol. The van der Waals surface area contributed by atoms with Gasteiger partial charge in [0.2, 0.25) is 0 Å². The SMILES string of the molecule is Cc1noc(-c2ccc(O)cc2)c1CN. The van der Waals surface area contributed by atoms with Crippen LogP contribution in [0.15, 0.2) is 28.8 Å². The van der Waals surface area contributed by atoms with Gasteiger partial charge in [0.25, 0.3) is 0 Å². The minimum absolute atomic E-state index is 0.226. The lowest BCUT2D eigenvalue weighted by atomic mass is 10.1. The quantitative estimate of drug-likeness (QED) is 0.782. The van der Waals surface area contributed by atoms with E-state index < -0.39 is 0 Å². The van der Waals surface area contributed by atoms with Crippen LogP contribution in [0.2, 0.25) is 0 Å². The lowest BCUT2D eigenvalue weighted by Gasteiger charge is -1.99. The molecule has 0 saturated heterocycles. The van der Waals surface area contributed by atoms with Crippen LogP contribution >= 0.6 is 0 Å². The summed E-state index contributed by atoms with van der Waals surface area (Å²) >= 11 is 0. The van der Waals surface area contributed by atoms with Crippen LogP contribution in [0, 0.1) is 6.92 Å². The average molecular weight is 204 g/mol. The molecule has 2 rings (SSSR count). The first kappa shape index (κ1) is 9.73. The van der Waals surface area contributed by atoms with Crippen molar-refractivity contribution in [2.24, 2.45) is 5.73 Å². The minimum atomic E-state index is 0.226. The van der Waals surface area contributed by atoms with E-state index in [9.17, 15) is 0 Å². The molecule has 3 N–H and O–H groups in total. The second-order valence-electron chi connectivity index (χ2n) is 3.33. The topological polar surface area (TPSA) is 72.3 Å². The van der Waals surface area contributed by atoms with Crippen LogP contribution in [-0.4, -0.2) is 10.3 Å². The van der Waals surface area contributed by atoms with E-state index in [0.29, 0.717) is 12.3 Å². The third-order valence-corrected chi connectivity index (χ3v) is 2.32. The van der Waals surface area contributed by atoms with Crippen molar-refractivity contribution in [2.75, 3.05) is 0 Å². The van der Waals surface area contributed by atoms with Crippen LogP contribution < -0.4 is 5.73 Å². The molecule has 0 atom stereocenters. The first-order valence-electron chi connectivity index (χ1n) is 4.67. The fraction of sp³-hybridized carbons (Fsp3) is 0.182. The van der Waals surface area contributed by atoms with E-state index in [1.165, 1.54) is 0 Å². The Hall–Kier alpha value is -1.81. The lowest BCUT2D eigenvalue weighted by Crippen LogP contribution is -1.98. The summed E-state index contributed by atoms with van der Waals surface area (Å²) in [7, 11) is 0. The molecule has 78 valence electrons. The zero-order valence-electron chi connectivity index (χ0n) is 8.40. The van der Waals surface area contributed by atoms with Gasteiger partial charge in [-0.15, -0.1) is 0 Å². The highest BCUT2D eigenvalue weighted by Gasteiger charge is 2.12. The van der Waals surface area contributed by atoms with Crippen LogP contribution in [0.25, 0.3) is 11.3 Å². The zero-order valence-corrected chi connectivity index (χ0v) is 8.40. The molecule has 15 heavy (non-hydrogen) atoms. The number of benzene rings is 1. The number of hydrogen-bond donors (Lipinski definition) is 2. The van der Waals surface area contributed by atoms with Crippen LogP contribution in [0.1, 0.15) is 11.3 Å². The third kappa shape index (κ3) is 1.71. The van der Waals surface area contributed by atoms with E-state index in [4.69, 9.17) is 15.4 Å². The Kier molecular flexibility index (Phi) is 2.43. The summed E-state index contributed by atoms with van der Waals surface area (Å²) in [5, 5.41) is 13.0. The van der Waals surface area contributed by atoms with Crippen molar-refractivity contribution in [2.45, 2.75) is 13.5 Å². The fourth-order valence-corrected chi connectivity index (χ4v) is 1.47. The first-order chi connectivity index (χ1) is 7.22. The van der Waals surface area contributed by atoms with E-state index in [2.05, 4.69) is 5.16 Å². The molecule has 0 spiro atoms.